The molecule has 6 heteroatoms. The molecule has 2 aliphatic rings. The summed E-state index contributed by atoms with van der Waals surface area (Å²) in [6.45, 7) is 0.523. The van der Waals surface area contributed by atoms with Gasteiger partial charge in [0.15, 0.2) is 9.84 Å². The molecule has 1 saturated heterocycles. The molecule has 1 aliphatic heterocycles. The van der Waals surface area contributed by atoms with Crippen LogP contribution in [-0.2, 0) is 14.6 Å². The Bertz CT molecular complexity index is 604. The van der Waals surface area contributed by atoms with Crippen molar-refractivity contribution >= 4 is 15.5 Å². The van der Waals surface area contributed by atoms with Crippen molar-refractivity contribution in [3.05, 3.63) is 18.5 Å². The number of anilines is 1. The summed E-state index contributed by atoms with van der Waals surface area (Å²) >= 11 is 0. The minimum absolute atomic E-state index is 0.218. The summed E-state index contributed by atoms with van der Waals surface area (Å²) in [6, 6.07) is 1.51. The highest BCUT2D eigenvalue weighted by Crippen LogP contribution is 2.41. The Kier molecular flexibility index (Phi) is 3.92. The zero-order chi connectivity index (χ0) is 14.9. The van der Waals surface area contributed by atoms with Crippen molar-refractivity contribution in [1.29, 1.82) is 0 Å². The zero-order valence-corrected chi connectivity index (χ0v) is 12.9. The molecule has 1 aromatic heterocycles. The van der Waals surface area contributed by atoms with Crippen molar-refractivity contribution in [2.24, 2.45) is 0 Å². The number of aromatic nitrogens is 1. The summed E-state index contributed by atoms with van der Waals surface area (Å²) in [7, 11) is -3.41. The van der Waals surface area contributed by atoms with Crippen LogP contribution in [0.3, 0.4) is 0 Å². The lowest BCUT2D eigenvalue weighted by Crippen LogP contribution is -2.45. The van der Waals surface area contributed by atoms with Crippen LogP contribution >= 0.6 is 0 Å². The van der Waals surface area contributed by atoms with Gasteiger partial charge in [-0.2, -0.15) is 0 Å². The van der Waals surface area contributed by atoms with Gasteiger partial charge in [-0.25, -0.2) is 8.42 Å². The SMILES string of the molecule is Nc1cnccc1S(=O)(=O)C1CCOC2(CCCCC2)C1. The third kappa shape index (κ3) is 2.79. The summed E-state index contributed by atoms with van der Waals surface area (Å²) < 4.78 is 31.7. The van der Waals surface area contributed by atoms with Crippen molar-refractivity contribution < 1.29 is 13.2 Å². The van der Waals surface area contributed by atoms with E-state index in [2.05, 4.69) is 4.98 Å². The molecular formula is C15H22N2O3S. The molecule has 21 heavy (non-hydrogen) atoms. The Balaban J connectivity index is 1.87. The number of pyridine rings is 1. The monoisotopic (exact) mass is 310 g/mol. The maximum absolute atomic E-state index is 12.9. The molecule has 0 amide bonds. The fourth-order valence-corrected chi connectivity index (χ4v) is 5.55. The first-order valence-electron chi connectivity index (χ1n) is 7.61. The third-order valence-corrected chi connectivity index (χ3v) is 7.03. The molecule has 1 spiro atoms. The summed E-state index contributed by atoms with van der Waals surface area (Å²) in [6.07, 6.45) is 9.47. The number of ether oxygens (including phenoxy) is 1. The predicted octanol–water partition coefficient (Wildman–Crippen LogP) is 2.32. The average molecular weight is 310 g/mol. The molecule has 1 aliphatic carbocycles. The maximum atomic E-state index is 12.9. The van der Waals surface area contributed by atoms with Gasteiger partial charge in [0.25, 0.3) is 0 Å². The Morgan fingerprint density at radius 2 is 2.05 bits per heavy atom. The number of nitrogens with two attached hydrogens (primary N) is 1. The van der Waals surface area contributed by atoms with Crippen LogP contribution in [0, 0.1) is 0 Å². The van der Waals surface area contributed by atoms with E-state index in [1.807, 2.05) is 0 Å². The lowest BCUT2D eigenvalue weighted by Gasteiger charge is -2.43. The molecule has 2 heterocycles. The number of nitrogens with zero attached hydrogens (tertiary/aromatic N) is 1. The average Bonchev–Trinajstić information content (AvgIpc) is 2.48. The highest BCUT2D eigenvalue weighted by atomic mass is 32.2. The molecule has 3 rings (SSSR count). The highest BCUT2D eigenvalue weighted by molar-refractivity contribution is 7.92. The molecule has 5 nitrogen and oxygen atoms in total. The van der Waals surface area contributed by atoms with E-state index >= 15 is 0 Å². The van der Waals surface area contributed by atoms with E-state index in [0.29, 0.717) is 19.4 Å². The fourth-order valence-electron chi connectivity index (χ4n) is 3.62. The normalized spacial score (nSPS) is 25.8. The summed E-state index contributed by atoms with van der Waals surface area (Å²) in [4.78, 5) is 4.09. The largest absolute Gasteiger partial charge is 0.396 e. The van der Waals surface area contributed by atoms with Gasteiger partial charge in [-0.3, -0.25) is 4.98 Å². The van der Waals surface area contributed by atoms with Gasteiger partial charge in [0.05, 0.1) is 27.6 Å². The minimum Gasteiger partial charge on any atom is -0.396 e. The standard InChI is InChI=1S/C15H22N2O3S/c16-13-11-17-8-4-14(13)21(18,19)12-5-9-20-15(10-12)6-2-1-3-7-15/h4,8,11-12H,1-3,5-7,9-10,16H2. The van der Waals surface area contributed by atoms with E-state index in [9.17, 15) is 8.42 Å². The van der Waals surface area contributed by atoms with Crippen molar-refractivity contribution in [1.82, 2.24) is 4.98 Å². The first-order chi connectivity index (χ1) is 10.0. The van der Waals surface area contributed by atoms with Gasteiger partial charge in [-0.1, -0.05) is 19.3 Å². The molecule has 1 aromatic rings. The Morgan fingerprint density at radius 3 is 2.76 bits per heavy atom. The first kappa shape index (κ1) is 14.8. The van der Waals surface area contributed by atoms with Crippen molar-refractivity contribution in [2.75, 3.05) is 12.3 Å². The summed E-state index contributed by atoms with van der Waals surface area (Å²) in [5.74, 6) is 0. The van der Waals surface area contributed by atoms with Crippen molar-refractivity contribution in [3.63, 3.8) is 0 Å². The van der Waals surface area contributed by atoms with E-state index in [-0.39, 0.29) is 16.2 Å². The second-order valence-corrected chi connectivity index (χ2v) is 8.36. The van der Waals surface area contributed by atoms with Crippen LogP contribution in [-0.4, -0.2) is 30.9 Å². The van der Waals surface area contributed by atoms with E-state index < -0.39 is 15.1 Å². The van der Waals surface area contributed by atoms with Gasteiger partial charge in [-0.05, 0) is 31.7 Å². The van der Waals surface area contributed by atoms with Crippen LogP contribution in [0.4, 0.5) is 5.69 Å². The van der Waals surface area contributed by atoms with Crippen LogP contribution in [0.25, 0.3) is 0 Å². The lowest BCUT2D eigenvalue weighted by molar-refractivity contribution is -0.0978. The van der Waals surface area contributed by atoms with Crippen molar-refractivity contribution in [2.45, 2.75) is 60.7 Å². The van der Waals surface area contributed by atoms with E-state index in [4.69, 9.17) is 10.5 Å². The predicted molar refractivity (Wildman–Crippen MR) is 80.6 cm³/mol. The second kappa shape index (κ2) is 5.57. The quantitative estimate of drug-likeness (QED) is 0.906. The van der Waals surface area contributed by atoms with Crippen LogP contribution in [0.5, 0.6) is 0 Å². The Morgan fingerprint density at radius 1 is 1.29 bits per heavy atom. The van der Waals surface area contributed by atoms with Crippen LogP contribution < -0.4 is 5.73 Å². The van der Waals surface area contributed by atoms with Gasteiger partial charge in [0.1, 0.15) is 0 Å². The summed E-state index contributed by atoms with van der Waals surface area (Å²) in [5.41, 5.74) is 5.82. The molecule has 2 N–H and O–H groups in total. The molecular weight excluding hydrogens is 288 g/mol. The molecule has 116 valence electrons. The Labute approximate surface area is 125 Å². The maximum Gasteiger partial charge on any atom is 0.183 e. The zero-order valence-electron chi connectivity index (χ0n) is 12.1. The fraction of sp³-hybridized carbons (Fsp3) is 0.667. The lowest BCUT2D eigenvalue weighted by atomic mass is 9.80. The van der Waals surface area contributed by atoms with E-state index in [1.165, 1.54) is 24.9 Å². The molecule has 0 aromatic carbocycles. The topological polar surface area (TPSA) is 82.3 Å². The smallest absolute Gasteiger partial charge is 0.183 e. The highest BCUT2D eigenvalue weighted by Gasteiger charge is 2.43. The van der Waals surface area contributed by atoms with Gasteiger partial charge in [-0.15, -0.1) is 0 Å². The first-order valence-corrected chi connectivity index (χ1v) is 9.16. The number of rotatable bonds is 2. The van der Waals surface area contributed by atoms with Crippen LogP contribution in [0.15, 0.2) is 23.4 Å². The number of hydrogen-bond acceptors (Lipinski definition) is 5. The van der Waals surface area contributed by atoms with E-state index in [0.717, 1.165) is 25.7 Å². The molecule has 1 unspecified atom stereocenters. The second-order valence-electron chi connectivity index (χ2n) is 6.17. The molecule has 0 bridgehead atoms. The molecule has 0 radical (unpaired) electrons. The number of sulfone groups is 1. The van der Waals surface area contributed by atoms with Gasteiger partial charge < -0.3 is 10.5 Å². The number of hydrogen-bond donors (Lipinski definition) is 1. The van der Waals surface area contributed by atoms with Crippen LogP contribution in [0.1, 0.15) is 44.9 Å². The minimum atomic E-state index is -3.41. The van der Waals surface area contributed by atoms with Gasteiger partial charge >= 0.3 is 0 Å². The van der Waals surface area contributed by atoms with Crippen molar-refractivity contribution in [3.8, 4) is 0 Å². The molecule has 1 atom stereocenters. The molecule has 2 fully saturated rings. The number of nitrogen functional groups attached to an aromatic ring is 1. The van der Waals surface area contributed by atoms with E-state index in [1.54, 1.807) is 0 Å². The van der Waals surface area contributed by atoms with Gasteiger partial charge in [0, 0.05) is 12.8 Å². The molecule has 1 saturated carbocycles. The van der Waals surface area contributed by atoms with Gasteiger partial charge in [0.2, 0.25) is 0 Å². The summed E-state index contributed by atoms with van der Waals surface area (Å²) in [5, 5.41) is -0.394. The third-order valence-electron chi connectivity index (χ3n) is 4.77. The Hall–Kier alpha value is -1.14. The van der Waals surface area contributed by atoms with Crippen LogP contribution in [0.2, 0.25) is 0 Å².